The summed E-state index contributed by atoms with van der Waals surface area (Å²) in [6.45, 7) is 4.23. The van der Waals surface area contributed by atoms with E-state index >= 15 is 0 Å². The molecule has 0 radical (unpaired) electrons. The van der Waals surface area contributed by atoms with E-state index in [-0.39, 0.29) is 0 Å². The van der Waals surface area contributed by atoms with E-state index in [0.717, 1.165) is 61.2 Å². The average molecular weight is 384 g/mol. The van der Waals surface area contributed by atoms with Gasteiger partial charge in [-0.1, -0.05) is 0 Å². The first-order chi connectivity index (χ1) is 14.3. The lowest BCUT2D eigenvalue weighted by Crippen LogP contribution is -2.35. The third-order valence-corrected chi connectivity index (χ3v) is 5.79. The Morgan fingerprint density at radius 1 is 0.931 bits per heavy atom. The Bertz CT molecular complexity index is 1070. The van der Waals surface area contributed by atoms with Gasteiger partial charge < -0.3 is 4.90 Å². The third kappa shape index (κ3) is 4.03. The van der Waals surface area contributed by atoms with E-state index < -0.39 is 0 Å². The molecule has 0 bridgehead atoms. The summed E-state index contributed by atoms with van der Waals surface area (Å²) in [7, 11) is 0. The lowest BCUT2D eigenvalue weighted by Gasteiger charge is -2.31. The maximum absolute atomic E-state index is 4.89. The van der Waals surface area contributed by atoms with Crippen LogP contribution in [-0.4, -0.2) is 49.3 Å². The summed E-state index contributed by atoms with van der Waals surface area (Å²) in [5.74, 6) is 0.516. The van der Waals surface area contributed by atoms with Gasteiger partial charge >= 0.3 is 0 Å². The molecule has 0 spiro atoms. The van der Waals surface area contributed by atoms with Gasteiger partial charge in [0.15, 0.2) is 5.65 Å². The number of fused-ring (bicyclic) bond motifs is 1. The van der Waals surface area contributed by atoms with Crippen molar-refractivity contribution in [2.24, 2.45) is 0 Å². The number of pyridine rings is 3. The highest BCUT2D eigenvalue weighted by molar-refractivity contribution is 5.80. The van der Waals surface area contributed by atoms with Gasteiger partial charge in [-0.15, -0.1) is 0 Å². The fraction of sp³-hybridized carbons (Fsp3) is 0.304. The van der Waals surface area contributed by atoms with Crippen LogP contribution in [0.3, 0.4) is 0 Å². The van der Waals surface area contributed by atoms with E-state index in [1.54, 1.807) is 0 Å². The molecule has 0 saturated carbocycles. The molecule has 1 fully saturated rings. The molecule has 4 aromatic heterocycles. The zero-order valence-electron chi connectivity index (χ0n) is 16.4. The second-order valence-corrected chi connectivity index (χ2v) is 7.63. The topological polar surface area (TPSA) is 59.7 Å². The molecular formula is C23H24N6. The molecule has 0 aromatic carbocycles. The molecule has 0 atom stereocenters. The van der Waals surface area contributed by atoms with Crippen molar-refractivity contribution in [2.75, 3.05) is 19.6 Å². The smallest absolute Gasteiger partial charge is 0.159 e. The molecule has 1 aliphatic rings. The van der Waals surface area contributed by atoms with Crippen molar-refractivity contribution in [1.29, 1.82) is 0 Å². The molecule has 0 amide bonds. The molecule has 6 heteroatoms. The van der Waals surface area contributed by atoms with Gasteiger partial charge in [-0.3, -0.25) is 9.67 Å². The highest BCUT2D eigenvalue weighted by atomic mass is 15.3. The van der Waals surface area contributed by atoms with Gasteiger partial charge in [0.05, 0.1) is 6.54 Å². The van der Waals surface area contributed by atoms with Gasteiger partial charge in [-0.25, -0.2) is 9.97 Å². The number of nitrogens with zero attached hydrogens (tertiary/aromatic N) is 6. The molecule has 4 aromatic rings. The Kier molecular flexibility index (Phi) is 5.01. The van der Waals surface area contributed by atoms with Gasteiger partial charge in [-0.2, -0.15) is 5.10 Å². The molecule has 146 valence electrons. The fourth-order valence-corrected chi connectivity index (χ4v) is 4.08. The van der Waals surface area contributed by atoms with Gasteiger partial charge in [0.25, 0.3) is 0 Å². The standard InChI is InChI=1S/C23H24N6/c1-8-26-29(11-1)15-14-28-12-6-19(7-13-28)22-3-2-20-16-21(17-25-23(20)27-22)18-4-9-24-10-5-18/h1-5,8-11,16-17,19H,6-7,12-15H2. The van der Waals surface area contributed by atoms with Gasteiger partial charge in [0, 0.05) is 60.1 Å². The van der Waals surface area contributed by atoms with Crippen molar-refractivity contribution in [1.82, 2.24) is 29.6 Å². The number of hydrogen-bond acceptors (Lipinski definition) is 5. The summed E-state index contributed by atoms with van der Waals surface area (Å²) in [6, 6.07) is 12.5. The monoisotopic (exact) mass is 384 g/mol. The second-order valence-electron chi connectivity index (χ2n) is 7.63. The van der Waals surface area contributed by atoms with E-state index in [0.29, 0.717) is 5.92 Å². The minimum atomic E-state index is 0.516. The Labute approximate surface area is 170 Å². The van der Waals surface area contributed by atoms with Crippen molar-refractivity contribution in [2.45, 2.75) is 25.3 Å². The Hall–Kier alpha value is -3.12. The van der Waals surface area contributed by atoms with Crippen molar-refractivity contribution in [3.05, 3.63) is 73.1 Å². The first-order valence-electron chi connectivity index (χ1n) is 10.2. The predicted octanol–water partition coefficient (Wildman–Crippen LogP) is 3.77. The Balaban J connectivity index is 1.25. The molecular weight excluding hydrogens is 360 g/mol. The maximum atomic E-state index is 4.89. The van der Waals surface area contributed by atoms with Gasteiger partial charge in [0.1, 0.15) is 0 Å². The van der Waals surface area contributed by atoms with E-state index in [2.05, 4.69) is 38.2 Å². The van der Waals surface area contributed by atoms with Crippen molar-refractivity contribution in [3.8, 4) is 11.1 Å². The molecule has 5 rings (SSSR count). The molecule has 6 nitrogen and oxygen atoms in total. The predicted molar refractivity (Wildman–Crippen MR) is 113 cm³/mol. The van der Waals surface area contributed by atoms with Crippen molar-refractivity contribution < 1.29 is 0 Å². The zero-order chi connectivity index (χ0) is 19.5. The van der Waals surface area contributed by atoms with E-state index in [1.165, 1.54) is 5.69 Å². The molecule has 0 unspecified atom stereocenters. The molecule has 0 N–H and O–H groups in total. The number of piperidine rings is 1. The lowest BCUT2D eigenvalue weighted by molar-refractivity contribution is 0.201. The van der Waals surface area contributed by atoms with Crippen LogP contribution in [0, 0.1) is 0 Å². The summed E-state index contributed by atoms with van der Waals surface area (Å²) in [5.41, 5.74) is 4.23. The van der Waals surface area contributed by atoms with E-state index in [1.807, 2.05) is 53.9 Å². The molecule has 0 aliphatic carbocycles. The average Bonchev–Trinajstić information content (AvgIpc) is 3.32. The third-order valence-electron chi connectivity index (χ3n) is 5.79. The summed E-state index contributed by atoms with van der Waals surface area (Å²) in [5, 5.41) is 5.37. The molecule has 1 saturated heterocycles. The maximum Gasteiger partial charge on any atom is 0.159 e. The van der Waals surface area contributed by atoms with Crippen LogP contribution >= 0.6 is 0 Å². The highest BCUT2D eigenvalue weighted by Gasteiger charge is 2.21. The van der Waals surface area contributed by atoms with Gasteiger partial charge in [0.2, 0.25) is 0 Å². The van der Waals surface area contributed by atoms with Crippen LogP contribution < -0.4 is 0 Å². The number of aromatic nitrogens is 5. The summed E-state index contributed by atoms with van der Waals surface area (Å²) < 4.78 is 2.00. The number of hydrogen-bond donors (Lipinski definition) is 0. The minimum Gasteiger partial charge on any atom is -0.301 e. The molecule has 29 heavy (non-hydrogen) atoms. The number of likely N-dealkylation sites (tertiary alicyclic amines) is 1. The van der Waals surface area contributed by atoms with Crippen LogP contribution in [0.25, 0.3) is 22.2 Å². The first-order valence-corrected chi connectivity index (χ1v) is 10.2. The van der Waals surface area contributed by atoms with E-state index in [4.69, 9.17) is 4.98 Å². The van der Waals surface area contributed by atoms with E-state index in [9.17, 15) is 0 Å². The Morgan fingerprint density at radius 3 is 2.59 bits per heavy atom. The van der Waals surface area contributed by atoms with Crippen LogP contribution in [-0.2, 0) is 6.54 Å². The molecule has 1 aliphatic heterocycles. The second kappa shape index (κ2) is 8.09. The molecule has 5 heterocycles. The Morgan fingerprint density at radius 2 is 1.79 bits per heavy atom. The van der Waals surface area contributed by atoms with Crippen molar-refractivity contribution >= 4 is 11.0 Å². The van der Waals surface area contributed by atoms with Crippen LogP contribution in [0.2, 0.25) is 0 Å². The minimum absolute atomic E-state index is 0.516. The van der Waals surface area contributed by atoms with Crippen LogP contribution in [0.5, 0.6) is 0 Å². The largest absolute Gasteiger partial charge is 0.301 e. The highest BCUT2D eigenvalue weighted by Crippen LogP contribution is 2.29. The van der Waals surface area contributed by atoms with Crippen LogP contribution in [0.1, 0.15) is 24.5 Å². The first kappa shape index (κ1) is 17.9. The van der Waals surface area contributed by atoms with Crippen LogP contribution in [0.15, 0.2) is 67.4 Å². The normalized spacial score (nSPS) is 15.7. The summed E-state index contributed by atoms with van der Waals surface area (Å²) in [6.07, 6.45) is 11.7. The zero-order valence-corrected chi connectivity index (χ0v) is 16.4. The van der Waals surface area contributed by atoms with Gasteiger partial charge in [-0.05, 0) is 67.9 Å². The fourth-order valence-electron chi connectivity index (χ4n) is 4.08. The summed E-state index contributed by atoms with van der Waals surface area (Å²) in [4.78, 5) is 16.1. The summed E-state index contributed by atoms with van der Waals surface area (Å²) >= 11 is 0. The lowest BCUT2D eigenvalue weighted by atomic mass is 9.93. The number of rotatable bonds is 5. The van der Waals surface area contributed by atoms with Crippen molar-refractivity contribution in [3.63, 3.8) is 0 Å². The quantitative estimate of drug-likeness (QED) is 0.524. The van der Waals surface area contributed by atoms with Crippen LogP contribution in [0.4, 0.5) is 0 Å². The SMILES string of the molecule is c1cnn(CCN2CCC(c3ccc4cc(-c5ccncc5)cnc4n3)CC2)c1.